The minimum Gasteiger partial charge on any atom is -0.321 e. The molecule has 6 heteroatoms. The van der Waals surface area contributed by atoms with E-state index in [4.69, 9.17) is 23.2 Å². The molecule has 0 atom stereocenters. The summed E-state index contributed by atoms with van der Waals surface area (Å²) >= 11 is 18.7. The van der Waals surface area contributed by atoms with Crippen molar-refractivity contribution in [1.82, 2.24) is 0 Å². The lowest BCUT2D eigenvalue weighted by molar-refractivity contribution is 0.102. The van der Waals surface area contributed by atoms with E-state index in [1.807, 2.05) is 0 Å². The zero-order valence-electron chi connectivity index (χ0n) is 9.38. The van der Waals surface area contributed by atoms with Crippen molar-refractivity contribution in [3.05, 3.63) is 61.0 Å². The molecular formula is C13H7Br2Cl2NO. The number of halogens is 4. The number of carbonyl (C=O) groups is 1. The van der Waals surface area contributed by atoms with Gasteiger partial charge in [0.25, 0.3) is 5.91 Å². The SMILES string of the molecule is O=C(Nc1cc(Br)ccc1Cl)c1cc(Br)ccc1Cl. The first-order valence-corrected chi connectivity index (χ1v) is 7.53. The summed E-state index contributed by atoms with van der Waals surface area (Å²) in [6, 6.07) is 10.3. The van der Waals surface area contributed by atoms with Crippen molar-refractivity contribution in [3.8, 4) is 0 Å². The zero-order chi connectivity index (χ0) is 14.0. The third kappa shape index (κ3) is 3.72. The summed E-state index contributed by atoms with van der Waals surface area (Å²) < 4.78 is 1.61. The molecule has 0 aromatic heterocycles. The Kier molecular flexibility index (Phi) is 4.90. The van der Waals surface area contributed by atoms with Crippen LogP contribution in [0.4, 0.5) is 5.69 Å². The van der Waals surface area contributed by atoms with Crippen LogP contribution in [0.5, 0.6) is 0 Å². The molecule has 2 nitrogen and oxygen atoms in total. The molecule has 0 saturated heterocycles. The summed E-state index contributed by atoms with van der Waals surface area (Å²) in [7, 11) is 0. The first-order valence-electron chi connectivity index (χ1n) is 5.19. The highest BCUT2D eigenvalue weighted by atomic mass is 79.9. The number of hydrogen-bond donors (Lipinski definition) is 1. The molecule has 0 unspecified atom stereocenters. The van der Waals surface area contributed by atoms with E-state index in [9.17, 15) is 4.79 Å². The Morgan fingerprint density at radius 3 is 2.21 bits per heavy atom. The van der Waals surface area contributed by atoms with E-state index < -0.39 is 0 Å². The van der Waals surface area contributed by atoms with Crippen LogP contribution in [0.3, 0.4) is 0 Å². The first-order chi connectivity index (χ1) is 8.97. The lowest BCUT2D eigenvalue weighted by atomic mass is 10.2. The monoisotopic (exact) mass is 421 g/mol. The number of amides is 1. The second kappa shape index (κ2) is 6.27. The maximum atomic E-state index is 12.2. The summed E-state index contributed by atoms with van der Waals surface area (Å²) in [5.41, 5.74) is 0.907. The first kappa shape index (κ1) is 14.9. The maximum absolute atomic E-state index is 12.2. The Bertz CT molecular complexity index is 647. The lowest BCUT2D eigenvalue weighted by Crippen LogP contribution is -2.12. The van der Waals surface area contributed by atoms with Gasteiger partial charge in [-0.2, -0.15) is 0 Å². The van der Waals surface area contributed by atoms with Crippen LogP contribution in [-0.4, -0.2) is 5.91 Å². The molecule has 2 aromatic carbocycles. The van der Waals surface area contributed by atoms with Crippen LogP contribution in [0.2, 0.25) is 10.0 Å². The van der Waals surface area contributed by atoms with Crippen LogP contribution in [0.1, 0.15) is 10.4 Å². The average molecular weight is 424 g/mol. The zero-order valence-corrected chi connectivity index (χ0v) is 14.1. The van der Waals surface area contributed by atoms with Gasteiger partial charge in [-0.1, -0.05) is 55.1 Å². The summed E-state index contributed by atoms with van der Waals surface area (Å²) in [5, 5.41) is 3.57. The van der Waals surface area contributed by atoms with Gasteiger partial charge in [0.2, 0.25) is 0 Å². The van der Waals surface area contributed by atoms with E-state index in [-0.39, 0.29) is 5.91 Å². The van der Waals surface area contributed by atoms with E-state index in [1.165, 1.54) is 0 Å². The molecule has 0 radical (unpaired) electrons. The van der Waals surface area contributed by atoms with Crippen LogP contribution in [-0.2, 0) is 0 Å². The van der Waals surface area contributed by atoms with Crippen LogP contribution in [0.25, 0.3) is 0 Å². The van der Waals surface area contributed by atoms with Crippen molar-refractivity contribution in [2.75, 3.05) is 5.32 Å². The predicted octanol–water partition coefficient (Wildman–Crippen LogP) is 5.77. The summed E-state index contributed by atoms with van der Waals surface area (Å²) in [6.07, 6.45) is 0. The smallest absolute Gasteiger partial charge is 0.257 e. The molecule has 0 fully saturated rings. The van der Waals surface area contributed by atoms with Gasteiger partial charge in [0.15, 0.2) is 0 Å². The Balaban J connectivity index is 2.30. The number of anilines is 1. The molecule has 0 saturated carbocycles. The number of carbonyl (C=O) groups excluding carboxylic acids is 1. The second-order valence-electron chi connectivity index (χ2n) is 3.70. The van der Waals surface area contributed by atoms with Crippen molar-refractivity contribution in [2.45, 2.75) is 0 Å². The molecule has 0 aliphatic carbocycles. The minimum atomic E-state index is -0.314. The second-order valence-corrected chi connectivity index (χ2v) is 6.35. The van der Waals surface area contributed by atoms with E-state index in [1.54, 1.807) is 36.4 Å². The third-order valence-electron chi connectivity index (χ3n) is 2.35. The van der Waals surface area contributed by atoms with Crippen LogP contribution in [0, 0.1) is 0 Å². The van der Waals surface area contributed by atoms with Crippen LogP contribution in [0.15, 0.2) is 45.3 Å². The third-order valence-corrected chi connectivity index (χ3v) is 4.00. The molecule has 0 spiro atoms. The fourth-order valence-corrected chi connectivity index (χ4v) is 2.54. The molecule has 98 valence electrons. The molecule has 1 amide bonds. The van der Waals surface area contributed by atoms with Crippen LogP contribution < -0.4 is 5.32 Å². The largest absolute Gasteiger partial charge is 0.321 e. The van der Waals surface area contributed by atoms with Gasteiger partial charge in [0.05, 0.1) is 21.3 Å². The summed E-state index contributed by atoms with van der Waals surface area (Å²) in [5.74, 6) is -0.314. The Labute approximate surface area is 137 Å². The van der Waals surface area contributed by atoms with Gasteiger partial charge in [-0.15, -0.1) is 0 Å². The van der Waals surface area contributed by atoms with Crippen molar-refractivity contribution in [1.29, 1.82) is 0 Å². The van der Waals surface area contributed by atoms with Crippen molar-refractivity contribution >= 4 is 66.7 Å². The Morgan fingerprint density at radius 1 is 0.947 bits per heavy atom. The number of hydrogen-bond acceptors (Lipinski definition) is 1. The molecule has 0 heterocycles. The number of benzene rings is 2. The summed E-state index contributed by atoms with van der Waals surface area (Å²) in [6.45, 7) is 0. The van der Waals surface area contributed by atoms with Crippen molar-refractivity contribution in [2.24, 2.45) is 0 Å². The highest BCUT2D eigenvalue weighted by Gasteiger charge is 2.12. The number of rotatable bonds is 2. The predicted molar refractivity (Wildman–Crippen MR) is 86.3 cm³/mol. The van der Waals surface area contributed by atoms with Gasteiger partial charge >= 0.3 is 0 Å². The molecule has 2 rings (SSSR count). The van der Waals surface area contributed by atoms with Gasteiger partial charge in [-0.25, -0.2) is 0 Å². The normalized spacial score (nSPS) is 10.3. The minimum absolute atomic E-state index is 0.314. The van der Waals surface area contributed by atoms with Gasteiger partial charge < -0.3 is 5.32 Å². The van der Waals surface area contributed by atoms with Crippen molar-refractivity contribution in [3.63, 3.8) is 0 Å². The van der Waals surface area contributed by atoms with Crippen LogP contribution >= 0.6 is 55.1 Å². The van der Waals surface area contributed by atoms with E-state index in [0.29, 0.717) is 21.3 Å². The number of nitrogens with one attached hydrogen (secondary N) is 1. The van der Waals surface area contributed by atoms with Gasteiger partial charge in [0.1, 0.15) is 0 Å². The topological polar surface area (TPSA) is 29.1 Å². The molecule has 19 heavy (non-hydrogen) atoms. The molecule has 2 aromatic rings. The van der Waals surface area contributed by atoms with Crippen molar-refractivity contribution < 1.29 is 4.79 Å². The van der Waals surface area contributed by atoms with Gasteiger partial charge in [-0.05, 0) is 36.4 Å². The lowest BCUT2D eigenvalue weighted by Gasteiger charge is -2.09. The van der Waals surface area contributed by atoms with E-state index in [0.717, 1.165) is 8.95 Å². The molecule has 0 bridgehead atoms. The molecule has 0 aliphatic rings. The standard InChI is InChI=1S/C13H7Br2Cl2NO/c14-7-1-3-10(16)9(5-7)13(19)18-12-6-8(15)2-4-11(12)17/h1-6H,(H,18,19). The van der Waals surface area contributed by atoms with Gasteiger partial charge in [0, 0.05) is 8.95 Å². The highest BCUT2D eigenvalue weighted by Crippen LogP contribution is 2.27. The molecule has 1 N–H and O–H groups in total. The quantitative estimate of drug-likeness (QED) is 0.652. The van der Waals surface area contributed by atoms with E-state index in [2.05, 4.69) is 37.2 Å². The summed E-state index contributed by atoms with van der Waals surface area (Å²) in [4.78, 5) is 12.2. The highest BCUT2D eigenvalue weighted by molar-refractivity contribution is 9.10. The van der Waals surface area contributed by atoms with E-state index >= 15 is 0 Å². The Morgan fingerprint density at radius 2 is 1.53 bits per heavy atom. The molecule has 0 aliphatic heterocycles. The maximum Gasteiger partial charge on any atom is 0.257 e. The van der Waals surface area contributed by atoms with Gasteiger partial charge in [-0.3, -0.25) is 4.79 Å². The fourth-order valence-electron chi connectivity index (χ4n) is 1.45. The Hall–Kier alpha value is -0.550. The fraction of sp³-hybridized carbons (Fsp3) is 0. The average Bonchev–Trinajstić information content (AvgIpc) is 2.36. The molecular weight excluding hydrogens is 417 g/mol.